The van der Waals surface area contributed by atoms with Gasteiger partial charge in [0.25, 0.3) is 5.91 Å². The lowest BCUT2D eigenvalue weighted by molar-refractivity contribution is 0.0750. The van der Waals surface area contributed by atoms with E-state index in [0.29, 0.717) is 18.0 Å². The van der Waals surface area contributed by atoms with Crippen molar-refractivity contribution >= 4 is 22.9 Å². The zero-order valence-electron chi connectivity index (χ0n) is 14.1. The van der Waals surface area contributed by atoms with Crippen LogP contribution < -0.4 is 14.5 Å². The molecule has 128 valence electrons. The van der Waals surface area contributed by atoms with Gasteiger partial charge in [-0.3, -0.25) is 9.59 Å². The molecule has 0 aliphatic carbocycles. The normalized spacial score (nSPS) is 14.8. The van der Waals surface area contributed by atoms with Crippen LogP contribution >= 0.6 is 11.3 Å². The monoisotopic (exact) mass is 347 g/mol. The highest BCUT2D eigenvalue weighted by Crippen LogP contribution is 2.28. The Hall–Kier alpha value is -2.28. The van der Waals surface area contributed by atoms with Crippen molar-refractivity contribution in [3.63, 3.8) is 0 Å². The number of rotatable bonds is 3. The molecule has 2 heterocycles. The Morgan fingerprint density at radius 1 is 1.17 bits per heavy atom. The summed E-state index contributed by atoms with van der Waals surface area (Å²) in [6, 6.07) is 7.91. The minimum Gasteiger partial charge on any atom is -0.495 e. The van der Waals surface area contributed by atoms with Gasteiger partial charge in [-0.2, -0.15) is 0 Å². The number of thiazole rings is 1. The standard InChI is InChI=1S/C17H21N3O3S/c1-12-15(24-17(22)18(12)2)16(21)20-10-8-19(9-11-20)13-6-4-5-7-14(13)23-3/h4-7H,8-11H2,1-3H3. The second-order valence-corrected chi connectivity index (χ2v) is 6.75. The third-order valence-electron chi connectivity index (χ3n) is 4.48. The van der Waals surface area contributed by atoms with Crippen molar-refractivity contribution < 1.29 is 9.53 Å². The van der Waals surface area contributed by atoms with Crippen LogP contribution in [-0.4, -0.2) is 48.7 Å². The summed E-state index contributed by atoms with van der Waals surface area (Å²) < 4.78 is 6.95. The Morgan fingerprint density at radius 2 is 1.83 bits per heavy atom. The van der Waals surface area contributed by atoms with Crippen LogP contribution in [0.4, 0.5) is 5.69 Å². The van der Waals surface area contributed by atoms with E-state index in [1.807, 2.05) is 36.1 Å². The molecule has 1 amide bonds. The number of methoxy groups -OCH3 is 1. The van der Waals surface area contributed by atoms with Gasteiger partial charge in [0.1, 0.15) is 10.6 Å². The average molecular weight is 347 g/mol. The van der Waals surface area contributed by atoms with Gasteiger partial charge >= 0.3 is 4.87 Å². The molecule has 6 nitrogen and oxygen atoms in total. The van der Waals surface area contributed by atoms with Gasteiger partial charge in [0.2, 0.25) is 0 Å². The smallest absolute Gasteiger partial charge is 0.307 e. The van der Waals surface area contributed by atoms with Crippen molar-refractivity contribution in [3.05, 3.63) is 44.5 Å². The van der Waals surface area contributed by atoms with E-state index in [1.165, 1.54) is 4.57 Å². The zero-order valence-corrected chi connectivity index (χ0v) is 14.9. The van der Waals surface area contributed by atoms with Crippen LogP contribution in [-0.2, 0) is 7.05 Å². The van der Waals surface area contributed by atoms with Crippen molar-refractivity contribution in [2.45, 2.75) is 6.92 Å². The summed E-state index contributed by atoms with van der Waals surface area (Å²) >= 11 is 1.03. The molecular formula is C17H21N3O3S. The molecular weight excluding hydrogens is 326 g/mol. The molecule has 1 aromatic carbocycles. The Bertz CT molecular complexity index is 804. The number of hydrogen-bond acceptors (Lipinski definition) is 5. The van der Waals surface area contributed by atoms with Gasteiger partial charge in [-0.05, 0) is 19.1 Å². The quantitative estimate of drug-likeness (QED) is 0.848. The zero-order chi connectivity index (χ0) is 17.3. The molecule has 1 fully saturated rings. The maximum absolute atomic E-state index is 12.7. The number of ether oxygens (including phenoxy) is 1. The fourth-order valence-corrected chi connectivity index (χ4v) is 3.85. The van der Waals surface area contributed by atoms with Gasteiger partial charge in [-0.25, -0.2) is 0 Å². The molecule has 1 saturated heterocycles. The summed E-state index contributed by atoms with van der Waals surface area (Å²) in [4.78, 5) is 28.9. The van der Waals surface area contributed by atoms with Crippen LogP contribution in [0.25, 0.3) is 0 Å². The first kappa shape index (κ1) is 16.6. The van der Waals surface area contributed by atoms with E-state index in [2.05, 4.69) is 4.90 Å². The fourth-order valence-electron chi connectivity index (χ4n) is 2.90. The number of carbonyl (C=O) groups is 1. The highest BCUT2D eigenvalue weighted by molar-refractivity contribution is 7.11. The summed E-state index contributed by atoms with van der Waals surface area (Å²) in [6.45, 7) is 4.56. The lowest BCUT2D eigenvalue weighted by atomic mass is 10.2. The summed E-state index contributed by atoms with van der Waals surface area (Å²) in [5.41, 5.74) is 1.79. The molecule has 0 spiro atoms. The second kappa shape index (κ2) is 6.68. The number of hydrogen-bond donors (Lipinski definition) is 0. The molecule has 0 atom stereocenters. The van der Waals surface area contributed by atoms with Crippen molar-refractivity contribution in [1.82, 2.24) is 9.47 Å². The topological polar surface area (TPSA) is 54.8 Å². The van der Waals surface area contributed by atoms with E-state index < -0.39 is 0 Å². The third-order valence-corrected chi connectivity index (χ3v) is 5.60. The van der Waals surface area contributed by atoms with Crippen LogP contribution in [0, 0.1) is 6.92 Å². The number of aromatic nitrogens is 1. The first-order valence-electron chi connectivity index (χ1n) is 7.86. The maximum atomic E-state index is 12.7. The summed E-state index contributed by atoms with van der Waals surface area (Å²) in [7, 11) is 3.36. The van der Waals surface area contributed by atoms with Crippen LogP contribution in [0.2, 0.25) is 0 Å². The number of anilines is 1. The number of carbonyl (C=O) groups excluding carboxylic acids is 1. The predicted molar refractivity (Wildman–Crippen MR) is 95.4 cm³/mol. The Balaban J connectivity index is 1.72. The first-order chi connectivity index (χ1) is 11.5. The van der Waals surface area contributed by atoms with Gasteiger partial charge in [-0.15, -0.1) is 0 Å². The molecule has 3 rings (SSSR count). The molecule has 1 aliphatic rings. The highest BCUT2D eigenvalue weighted by Gasteiger charge is 2.26. The summed E-state index contributed by atoms with van der Waals surface area (Å²) in [6.07, 6.45) is 0. The van der Waals surface area contributed by atoms with E-state index in [9.17, 15) is 9.59 Å². The number of amides is 1. The fraction of sp³-hybridized carbons (Fsp3) is 0.412. The van der Waals surface area contributed by atoms with Crippen molar-refractivity contribution in [3.8, 4) is 5.75 Å². The number of benzene rings is 1. The van der Waals surface area contributed by atoms with Crippen molar-refractivity contribution in [2.24, 2.45) is 7.05 Å². The van der Waals surface area contributed by atoms with E-state index in [1.54, 1.807) is 14.2 Å². The molecule has 7 heteroatoms. The minimum absolute atomic E-state index is 0.0464. The van der Waals surface area contributed by atoms with E-state index in [-0.39, 0.29) is 10.8 Å². The van der Waals surface area contributed by atoms with Gasteiger partial charge in [0, 0.05) is 38.9 Å². The van der Waals surface area contributed by atoms with Crippen molar-refractivity contribution in [2.75, 3.05) is 38.2 Å². The minimum atomic E-state index is -0.0940. The summed E-state index contributed by atoms with van der Waals surface area (Å²) in [5, 5.41) is 0. The lowest BCUT2D eigenvalue weighted by Gasteiger charge is -2.36. The van der Waals surface area contributed by atoms with E-state index in [4.69, 9.17) is 4.74 Å². The van der Waals surface area contributed by atoms with E-state index in [0.717, 1.165) is 41.6 Å². The van der Waals surface area contributed by atoms with Crippen LogP contribution in [0.5, 0.6) is 5.75 Å². The molecule has 1 aliphatic heterocycles. The average Bonchev–Trinajstić information content (AvgIpc) is 2.88. The Kier molecular flexibility index (Phi) is 4.62. The van der Waals surface area contributed by atoms with Gasteiger partial charge in [-0.1, -0.05) is 23.5 Å². The number of nitrogens with zero attached hydrogens (tertiary/aromatic N) is 3. The van der Waals surface area contributed by atoms with Crippen LogP contribution in [0.1, 0.15) is 15.4 Å². The largest absolute Gasteiger partial charge is 0.495 e. The molecule has 0 unspecified atom stereocenters. The maximum Gasteiger partial charge on any atom is 0.307 e. The SMILES string of the molecule is COc1ccccc1N1CCN(C(=O)c2sc(=O)n(C)c2C)CC1. The number of para-hydroxylation sites is 2. The first-order valence-corrected chi connectivity index (χ1v) is 8.68. The molecule has 0 saturated carbocycles. The third kappa shape index (κ3) is 2.91. The van der Waals surface area contributed by atoms with Gasteiger partial charge in [0.15, 0.2) is 0 Å². The molecule has 0 radical (unpaired) electrons. The van der Waals surface area contributed by atoms with Crippen LogP contribution in [0.3, 0.4) is 0 Å². The Labute approximate surface area is 144 Å². The molecule has 0 bridgehead atoms. The van der Waals surface area contributed by atoms with Gasteiger partial charge in [0.05, 0.1) is 12.8 Å². The Morgan fingerprint density at radius 3 is 2.42 bits per heavy atom. The molecule has 24 heavy (non-hydrogen) atoms. The number of piperazine rings is 1. The summed E-state index contributed by atoms with van der Waals surface area (Å²) in [5.74, 6) is 0.796. The molecule has 2 aromatic rings. The molecule has 0 N–H and O–H groups in total. The second-order valence-electron chi connectivity index (χ2n) is 5.79. The lowest BCUT2D eigenvalue weighted by Crippen LogP contribution is -2.48. The predicted octanol–water partition coefficient (Wildman–Crippen LogP) is 1.73. The van der Waals surface area contributed by atoms with Crippen molar-refractivity contribution in [1.29, 1.82) is 0 Å². The van der Waals surface area contributed by atoms with E-state index >= 15 is 0 Å². The highest BCUT2D eigenvalue weighted by atomic mass is 32.1. The van der Waals surface area contributed by atoms with Gasteiger partial charge < -0.3 is 19.1 Å². The molecule has 1 aromatic heterocycles. The van der Waals surface area contributed by atoms with Crippen LogP contribution in [0.15, 0.2) is 29.1 Å².